The van der Waals surface area contributed by atoms with Gasteiger partial charge in [0.2, 0.25) is 0 Å². The summed E-state index contributed by atoms with van der Waals surface area (Å²) in [5.41, 5.74) is 8.47. The zero-order valence-electron chi connectivity index (χ0n) is 10.5. The highest BCUT2D eigenvalue weighted by molar-refractivity contribution is 5.79. The minimum Gasteiger partial charge on any atom is -0.399 e. The molecule has 0 unspecified atom stereocenters. The third-order valence-corrected chi connectivity index (χ3v) is 3.91. The number of hydrogen-bond donors (Lipinski definition) is 2. The number of nitrogens with zero attached hydrogens (tertiary/aromatic N) is 2. The fourth-order valence-corrected chi connectivity index (χ4v) is 2.97. The van der Waals surface area contributed by atoms with Crippen molar-refractivity contribution in [1.82, 2.24) is 9.55 Å². The van der Waals surface area contributed by atoms with E-state index in [1.807, 2.05) is 18.2 Å². The van der Waals surface area contributed by atoms with Gasteiger partial charge in [-0.1, -0.05) is 12.8 Å². The molecule has 0 bridgehead atoms. The van der Waals surface area contributed by atoms with Crippen LogP contribution in [0.2, 0.25) is 0 Å². The van der Waals surface area contributed by atoms with Crippen LogP contribution in [-0.2, 0) is 13.2 Å². The Bertz CT molecular complexity index is 555. The van der Waals surface area contributed by atoms with E-state index >= 15 is 0 Å². The maximum absolute atomic E-state index is 9.45. The molecule has 1 aromatic heterocycles. The Morgan fingerprint density at radius 1 is 1.33 bits per heavy atom. The van der Waals surface area contributed by atoms with E-state index in [1.165, 1.54) is 25.7 Å². The first kappa shape index (κ1) is 11.5. The summed E-state index contributed by atoms with van der Waals surface area (Å²) in [6, 6.07) is 5.78. The van der Waals surface area contributed by atoms with Crippen molar-refractivity contribution in [1.29, 1.82) is 0 Å². The van der Waals surface area contributed by atoms with Gasteiger partial charge in [0.15, 0.2) is 0 Å². The fourth-order valence-electron chi connectivity index (χ4n) is 2.97. The van der Waals surface area contributed by atoms with E-state index in [0.29, 0.717) is 0 Å². The maximum Gasteiger partial charge on any atom is 0.135 e. The van der Waals surface area contributed by atoms with Gasteiger partial charge in [0, 0.05) is 12.2 Å². The predicted octanol–water partition coefficient (Wildman–Crippen LogP) is 2.30. The van der Waals surface area contributed by atoms with Gasteiger partial charge in [0.25, 0.3) is 0 Å². The molecule has 1 saturated carbocycles. The standard InChI is InChI=1S/C14H19N3O/c15-11-5-6-13-12(7-11)16-14(9-18)17(13)8-10-3-1-2-4-10/h5-7,10,18H,1-4,8-9,15H2. The van der Waals surface area contributed by atoms with Crippen LogP contribution in [0, 0.1) is 5.92 Å². The maximum atomic E-state index is 9.45. The first-order chi connectivity index (χ1) is 8.78. The van der Waals surface area contributed by atoms with Gasteiger partial charge in [-0.3, -0.25) is 0 Å². The number of anilines is 1. The summed E-state index contributed by atoms with van der Waals surface area (Å²) < 4.78 is 2.16. The van der Waals surface area contributed by atoms with Crippen molar-refractivity contribution in [2.75, 3.05) is 5.73 Å². The SMILES string of the molecule is Nc1ccc2c(c1)nc(CO)n2CC1CCCC1. The van der Waals surface area contributed by atoms with Crippen molar-refractivity contribution < 1.29 is 5.11 Å². The number of benzene rings is 1. The normalized spacial score (nSPS) is 16.7. The number of aromatic nitrogens is 2. The van der Waals surface area contributed by atoms with Crippen molar-refractivity contribution in [3.8, 4) is 0 Å². The number of nitrogen functional groups attached to an aromatic ring is 1. The van der Waals surface area contributed by atoms with Crippen LogP contribution in [-0.4, -0.2) is 14.7 Å². The molecule has 1 heterocycles. The summed E-state index contributed by atoms with van der Waals surface area (Å²) in [7, 11) is 0. The molecule has 4 nitrogen and oxygen atoms in total. The highest BCUT2D eigenvalue weighted by Crippen LogP contribution is 2.28. The average Bonchev–Trinajstić information content (AvgIpc) is 2.97. The summed E-state index contributed by atoms with van der Waals surface area (Å²) in [6.45, 7) is 0.956. The Balaban J connectivity index is 2.01. The Labute approximate surface area is 106 Å². The summed E-state index contributed by atoms with van der Waals surface area (Å²) in [6.07, 6.45) is 5.25. The number of nitrogens with two attached hydrogens (primary N) is 1. The third kappa shape index (κ3) is 1.97. The monoisotopic (exact) mass is 245 g/mol. The molecular formula is C14H19N3O. The Morgan fingerprint density at radius 3 is 2.83 bits per heavy atom. The molecule has 1 fully saturated rings. The van der Waals surface area contributed by atoms with E-state index in [4.69, 9.17) is 5.73 Å². The van der Waals surface area contributed by atoms with Crippen molar-refractivity contribution in [2.45, 2.75) is 38.8 Å². The lowest BCUT2D eigenvalue weighted by Crippen LogP contribution is -2.10. The van der Waals surface area contributed by atoms with Crippen LogP contribution in [0.5, 0.6) is 0 Å². The van der Waals surface area contributed by atoms with Crippen LogP contribution < -0.4 is 5.73 Å². The number of rotatable bonds is 3. The molecule has 96 valence electrons. The molecule has 3 N–H and O–H groups in total. The minimum absolute atomic E-state index is 0.0126. The van der Waals surface area contributed by atoms with Crippen molar-refractivity contribution in [2.24, 2.45) is 5.92 Å². The van der Waals surface area contributed by atoms with E-state index in [9.17, 15) is 5.11 Å². The molecule has 0 radical (unpaired) electrons. The van der Waals surface area contributed by atoms with Gasteiger partial charge in [-0.2, -0.15) is 0 Å². The minimum atomic E-state index is -0.0126. The second-order valence-corrected chi connectivity index (χ2v) is 5.20. The number of imidazole rings is 1. The van der Waals surface area contributed by atoms with Gasteiger partial charge < -0.3 is 15.4 Å². The van der Waals surface area contributed by atoms with Crippen LogP contribution in [0.15, 0.2) is 18.2 Å². The number of hydrogen-bond acceptors (Lipinski definition) is 3. The van der Waals surface area contributed by atoms with Crippen molar-refractivity contribution in [3.63, 3.8) is 0 Å². The van der Waals surface area contributed by atoms with Gasteiger partial charge in [0.05, 0.1) is 11.0 Å². The molecule has 0 amide bonds. The van der Waals surface area contributed by atoms with Gasteiger partial charge in [-0.05, 0) is 37.0 Å². The first-order valence-electron chi connectivity index (χ1n) is 6.63. The topological polar surface area (TPSA) is 64.1 Å². The zero-order valence-corrected chi connectivity index (χ0v) is 10.5. The summed E-state index contributed by atoms with van der Waals surface area (Å²) in [4.78, 5) is 4.47. The molecule has 3 rings (SSSR count). The molecule has 0 saturated heterocycles. The molecule has 1 aliphatic rings. The van der Waals surface area contributed by atoms with E-state index in [-0.39, 0.29) is 6.61 Å². The molecule has 0 atom stereocenters. The molecule has 2 aromatic rings. The highest BCUT2D eigenvalue weighted by atomic mass is 16.3. The van der Waals surface area contributed by atoms with E-state index < -0.39 is 0 Å². The van der Waals surface area contributed by atoms with Crippen LogP contribution in [0.4, 0.5) is 5.69 Å². The summed E-state index contributed by atoms with van der Waals surface area (Å²) >= 11 is 0. The Hall–Kier alpha value is -1.55. The molecule has 0 spiro atoms. The molecule has 1 aromatic carbocycles. The van der Waals surface area contributed by atoms with Crippen LogP contribution in [0.1, 0.15) is 31.5 Å². The van der Waals surface area contributed by atoms with Crippen LogP contribution in [0.3, 0.4) is 0 Å². The van der Waals surface area contributed by atoms with E-state index in [1.54, 1.807) is 0 Å². The van der Waals surface area contributed by atoms with E-state index in [2.05, 4.69) is 9.55 Å². The van der Waals surface area contributed by atoms with Crippen LogP contribution >= 0.6 is 0 Å². The predicted molar refractivity (Wildman–Crippen MR) is 72.0 cm³/mol. The van der Waals surface area contributed by atoms with Crippen molar-refractivity contribution >= 4 is 16.7 Å². The first-order valence-corrected chi connectivity index (χ1v) is 6.63. The van der Waals surface area contributed by atoms with E-state index in [0.717, 1.165) is 35.0 Å². The Kier molecular flexibility index (Phi) is 2.96. The van der Waals surface area contributed by atoms with Crippen LogP contribution in [0.25, 0.3) is 11.0 Å². The van der Waals surface area contributed by atoms with Crippen molar-refractivity contribution in [3.05, 3.63) is 24.0 Å². The number of aliphatic hydroxyl groups is 1. The number of aliphatic hydroxyl groups excluding tert-OH is 1. The molecular weight excluding hydrogens is 226 g/mol. The molecule has 0 aliphatic heterocycles. The second kappa shape index (κ2) is 4.61. The highest BCUT2D eigenvalue weighted by Gasteiger charge is 2.18. The quantitative estimate of drug-likeness (QED) is 0.815. The lowest BCUT2D eigenvalue weighted by atomic mass is 10.1. The molecule has 4 heteroatoms. The summed E-state index contributed by atoms with van der Waals surface area (Å²) in [5, 5.41) is 9.45. The third-order valence-electron chi connectivity index (χ3n) is 3.91. The van der Waals surface area contributed by atoms with Gasteiger partial charge in [-0.25, -0.2) is 4.98 Å². The molecule has 1 aliphatic carbocycles. The average molecular weight is 245 g/mol. The lowest BCUT2D eigenvalue weighted by molar-refractivity contribution is 0.262. The van der Waals surface area contributed by atoms with Gasteiger partial charge in [0.1, 0.15) is 12.4 Å². The largest absolute Gasteiger partial charge is 0.399 e. The van der Waals surface area contributed by atoms with Gasteiger partial charge >= 0.3 is 0 Å². The van der Waals surface area contributed by atoms with Gasteiger partial charge in [-0.15, -0.1) is 0 Å². The fraction of sp³-hybridized carbons (Fsp3) is 0.500. The zero-order chi connectivity index (χ0) is 12.5. The Morgan fingerprint density at radius 2 is 2.11 bits per heavy atom. The summed E-state index contributed by atoms with van der Waals surface area (Å²) in [5.74, 6) is 1.48. The lowest BCUT2D eigenvalue weighted by Gasteiger charge is -2.13. The number of fused-ring (bicyclic) bond motifs is 1. The molecule has 18 heavy (non-hydrogen) atoms. The second-order valence-electron chi connectivity index (χ2n) is 5.20. The smallest absolute Gasteiger partial charge is 0.135 e.